The van der Waals surface area contributed by atoms with Crippen molar-refractivity contribution in [1.82, 2.24) is 9.88 Å². The summed E-state index contributed by atoms with van der Waals surface area (Å²) in [5.41, 5.74) is 1.05. The normalized spacial score (nSPS) is 21.1. The van der Waals surface area contributed by atoms with Gasteiger partial charge in [0.25, 0.3) is 0 Å². The number of hydrogen-bond acceptors (Lipinski definition) is 4. The molecule has 0 bridgehead atoms. The minimum atomic E-state index is -0.385. The summed E-state index contributed by atoms with van der Waals surface area (Å²) in [6.45, 7) is 3.07. The average Bonchev–Trinajstić information content (AvgIpc) is 2.75. The van der Waals surface area contributed by atoms with Crippen LogP contribution in [0.1, 0.15) is 29.5 Å². The molecule has 1 atom stereocenters. The third-order valence-electron chi connectivity index (χ3n) is 2.90. The van der Waals surface area contributed by atoms with E-state index in [1.54, 1.807) is 16.2 Å². The zero-order valence-corrected chi connectivity index (χ0v) is 10.2. The Labute approximate surface area is 98.9 Å². The predicted octanol–water partition coefficient (Wildman–Crippen LogP) is 1.15. The van der Waals surface area contributed by atoms with Gasteiger partial charge >= 0.3 is 0 Å². The average molecular weight is 240 g/mol. The summed E-state index contributed by atoms with van der Waals surface area (Å²) in [6, 6.07) is 0. The summed E-state index contributed by atoms with van der Waals surface area (Å²) in [5.74, 6) is 0.181. The van der Waals surface area contributed by atoms with Gasteiger partial charge in [-0.25, -0.2) is 4.98 Å². The number of aryl methyl sites for hydroxylation is 1. The fourth-order valence-electron chi connectivity index (χ4n) is 2.06. The van der Waals surface area contributed by atoms with E-state index in [-0.39, 0.29) is 12.5 Å². The van der Waals surface area contributed by atoms with E-state index in [9.17, 15) is 4.79 Å². The summed E-state index contributed by atoms with van der Waals surface area (Å²) in [6.07, 6.45) is 2.08. The Kier molecular flexibility index (Phi) is 3.56. The second-order valence-corrected chi connectivity index (χ2v) is 5.05. The molecule has 88 valence electrons. The molecule has 1 amide bonds. The first kappa shape index (κ1) is 11.5. The van der Waals surface area contributed by atoms with Gasteiger partial charge in [-0.3, -0.25) is 4.79 Å². The van der Waals surface area contributed by atoms with Crippen molar-refractivity contribution >= 4 is 17.2 Å². The van der Waals surface area contributed by atoms with Crippen molar-refractivity contribution in [2.45, 2.75) is 25.7 Å². The summed E-state index contributed by atoms with van der Waals surface area (Å²) < 4.78 is 0. The van der Waals surface area contributed by atoms with Gasteiger partial charge in [0.1, 0.15) is 6.61 Å². The summed E-state index contributed by atoms with van der Waals surface area (Å²) >= 11 is 1.67. The lowest BCUT2D eigenvalue weighted by molar-refractivity contribution is -0.135. The molecule has 16 heavy (non-hydrogen) atoms. The van der Waals surface area contributed by atoms with Crippen LogP contribution in [0, 0.1) is 6.92 Å². The molecule has 0 saturated carbocycles. The second kappa shape index (κ2) is 4.93. The Morgan fingerprint density at radius 3 is 3.19 bits per heavy atom. The van der Waals surface area contributed by atoms with Gasteiger partial charge in [0.2, 0.25) is 5.91 Å². The zero-order valence-electron chi connectivity index (χ0n) is 9.35. The van der Waals surface area contributed by atoms with Crippen molar-refractivity contribution < 1.29 is 9.90 Å². The van der Waals surface area contributed by atoms with E-state index in [1.807, 2.05) is 12.3 Å². The Balaban J connectivity index is 2.04. The van der Waals surface area contributed by atoms with Crippen LogP contribution in [-0.2, 0) is 4.79 Å². The first-order valence-corrected chi connectivity index (χ1v) is 6.39. The molecular weight excluding hydrogens is 224 g/mol. The number of likely N-dealkylation sites (tertiary alicyclic amines) is 1. The molecular formula is C11H16N2O2S. The molecule has 1 aliphatic rings. The van der Waals surface area contributed by atoms with Crippen LogP contribution in [0.5, 0.6) is 0 Å². The van der Waals surface area contributed by atoms with Crippen LogP contribution in [0.4, 0.5) is 0 Å². The highest BCUT2D eigenvalue weighted by atomic mass is 32.1. The second-order valence-electron chi connectivity index (χ2n) is 4.16. The van der Waals surface area contributed by atoms with Crippen molar-refractivity contribution in [2.75, 3.05) is 19.7 Å². The molecule has 1 aliphatic heterocycles. The lowest BCUT2D eigenvalue weighted by Crippen LogP contribution is -2.40. The van der Waals surface area contributed by atoms with Gasteiger partial charge in [-0.2, -0.15) is 0 Å². The van der Waals surface area contributed by atoms with E-state index >= 15 is 0 Å². The van der Waals surface area contributed by atoms with Gasteiger partial charge in [-0.1, -0.05) is 0 Å². The molecule has 2 rings (SSSR count). The van der Waals surface area contributed by atoms with Gasteiger partial charge in [-0.05, 0) is 19.8 Å². The molecule has 2 heterocycles. The molecule has 0 spiro atoms. The molecule has 1 fully saturated rings. The summed E-state index contributed by atoms with van der Waals surface area (Å²) in [7, 11) is 0. The molecule has 0 aromatic carbocycles. The van der Waals surface area contributed by atoms with Crippen LogP contribution < -0.4 is 0 Å². The van der Waals surface area contributed by atoms with E-state index in [2.05, 4.69) is 4.98 Å². The number of aliphatic hydroxyl groups is 1. The van der Waals surface area contributed by atoms with Crippen LogP contribution in [0.3, 0.4) is 0 Å². The highest BCUT2D eigenvalue weighted by Gasteiger charge is 2.25. The molecule has 1 unspecified atom stereocenters. The number of rotatable bonds is 2. The smallest absolute Gasteiger partial charge is 0.248 e. The molecule has 0 aliphatic carbocycles. The Bertz CT molecular complexity index is 378. The standard InChI is InChI=1S/C11H16N2O2S/c1-8-7-16-11(12-8)9-3-2-4-13(5-9)10(15)6-14/h7,9,14H,2-6H2,1H3. The molecule has 1 saturated heterocycles. The van der Waals surface area contributed by atoms with Crippen LogP contribution in [0.15, 0.2) is 5.38 Å². The summed E-state index contributed by atoms with van der Waals surface area (Å²) in [4.78, 5) is 17.6. The molecule has 1 aromatic heterocycles. The van der Waals surface area contributed by atoms with Crippen molar-refractivity contribution in [3.8, 4) is 0 Å². The maximum atomic E-state index is 11.4. The SMILES string of the molecule is Cc1csc(C2CCCN(C(=O)CO)C2)n1. The van der Waals surface area contributed by atoms with E-state index in [1.165, 1.54) is 0 Å². The number of aromatic nitrogens is 1. The third-order valence-corrected chi connectivity index (χ3v) is 4.02. The number of piperidine rings is 1. The number of aliphatic hydroxyl groups excluding tert-OH is 1. The van der Waals surface area contributed by atoms with Crippen LogP contribution in [0.25, 0.3) is 0 Å². The van der Waals surface area contributed by atoms with E-state index in [0.717, 1.165) is 30.1 Å². The monoisotopic (exact) mass is 240 g/mol. The van der Waals surface area contributed by atoms with Crippen molar-refractivity contribution in [3.05, 3.63) is 16.1 Å². The number of hydrogen-bond donors (Lipinski definition) is 1. The lowest BCUT2D eigenvalue weighted by Gasteiger charge is -2.31. The van der Waals surface area contributed by atoms with E-state index in [0.29, 0.717) is 12.5 Å². The minimum Gasteiger partial charge on any atom is -0.387 e. The first-order chi connectivity index (χ1) is 7.70. The fourth-order valence-corrected chi connectivity index (χ4v) is 2.99. The lowest BCUT2D eigenvalue weighted by atomic mass is 9.99. The van der Waals surface area contributed by atoms with Gasteiger partial charge in [0.15, 0.2) is 0 Å². The van der Waals surface area contributed by atoms with Crippen molar-refractivity contribution in [3.63, 3.8) is 0 Å². The quantitative estimate of drug-likeness (QED) is 0.843. The van der Waals surface area contributed by atoms with E-state index in [4.69, 9.17) is 5.11 Å². The Morgan fingerprint density at radius 1 is 1.75 bits per heavy atom. The number of carbonyl (C=O) groups excluding carboxylic acids is 1. The van der Waals surface area contributed by atoms with Crippen LogP contribution in [-0.4, -0.2) is 40.6 Å². The maximum Gasteiger partial charge on any atom is 0.248 e. The largest absolute Gasteiger partial charge is 0.387 e. The Hall–Kier alpha value is -0.940. The predicted molar refractivity (Wildman–Crippen MR) is 62.5 cm³/mol. The van der Waals surface area contributed by atoms with Gasteiger partial charge in [0, 0.05) is 30.1 Å². The molecule has 1 N–H and O–H groups in total. The number of nitrogens with zero attached hydrogens (tertiary/aromatic N) is 2. The molecule has 0 radical (unpaired) electrons. The van der Waals surface area contributed by atoms with E-state index < -0.39 is 0 Å². The minimum absolute atomic E-state index is 0.169. The number of thiazole rings is 1. The van der Waals surface area contributed by atoms with Crippen molar-refractivity contribution in [1.29, 1.82) is 0 Å². The van der Waals surface area contributed by atoms with Gasteiger partial charge in [-0.15, -0.1) is 11.3 Å². The number of amides is 1. The van der Waals surface area contributed by atoms with Gasteiger partial charge in [0.05, 0.1) is 5.01 Å². The summed E-state index contributed by atoms with van der Waals surface area (Å²) in [5, 5.41) is 12.0. The topological polar surface area (TPSA) is 53.4 Å². The Morgan fingerprint density at radius 2 is 2.56 bits per heavy atom. The van der Waals surface area contributed by atoms with Crippen LogP contribution in [0.2, 0.25) is 0 Å². The van der Waals surface area contributed by atoms with Gasteiger partial charge < -0.3 is 10.0 Å². The molecule has 4 nitrogen and oxygen atoms in total. The fraction of sp³-hybridized carbons (Fsp3) is 0.636. The first-order valence-electron chi connectivity index (χ1n) is 5.51. The maximum absolute atomic E-state index is 11.4. The zero-order chi connectivity index (χ0) is 11.5. The molecule has 5 heteroatoms. The number of carbonyl (C=O) groups is 1. The highest BCUT2D eigenvalue weighted by molar-refractivity contribution is 7.09. The highest BCUT2D eigenvalue weighted by Crippen LogP contribution is 2.28. The molecule has 1 aromatic rings. The van der Waals surface area contributed by atoms with Crippen LogP contribution >= 0.6 is 11.3 Å². The van der Waals surface area contributed by atoms with Crippen molar-refractivity contribution in [2.24, 2.45) is 0 Å². The third kappa shape index (κ3) is 2.41.